The van der Waals surface area contributed by atoms with E-state index in [1.54, 1.807) is 0 Å². The standard InChI is InChI=1S/C9H17NO2/c1-8-5-12-9(6-10-8)3-2-4-11-7-9/h8,10H,2-7H2,1H3. The average Bonchev–Trinajstić information content (AvgIpc) is 2.13. The van der Waals surface area contributed by atoms with E-state index in [0.29, 0.717) is 6.04 Å². The second kappa shape index (κ2) is 3.32. The van der Waals surface area contributed by atoms with E-state index in [0.717, 1.165) is 39.2 Å². The van der Waals surface area contributed by atoms with Crippen LogP contribution in [0.25, 0.3) is 0 Å². The molecule has 0 bridgehead atoms. The zero-order chi connectivity index (χ0) is 8.44. The second-order valence-corrected chi connectivity index (χ2v) is 3.93. The molecule has 0 aromatic carbocycles. The molecule has 1 spiro atoms. The van der Waals surface area contributed by atoms with Crippen LogP contribution in [0.1, 0.15) is 19.8 Å². The van der Waals surface area contributed by atoms with Crippen LogP contribution >= 0.6 is 0 Å². The Morgan fingerprint density at radius 2 is 2.42 bits per heavy atom. The molecule has 3 nitrogen and oxygen atoms in total. The van der Waals surface area contributed by atoms with E-state index >= 15 is 0 Å². The number of hydrogen-bond donors (Lipinski definition) is 1. The van der Waals surface area contributed by atoms with E-state index in [1.165, 1.54) is 0 Å². The molecule has 1 N–H and O–H groups in total. The van der Waals surface area contributed by atoms with Gasteiger partial charge in [0, 0.05) is 19.2 Å². The molecule has 2 rings (SSSR count). The Morgan fingerprint density at radius 1 is 1.50 bits per heavy atom. The molecule has 0 aliphatic carbocycles. The Hall–Kier alpha value is -0.120. The van der Waals surface area contributed by atoms with E-state index in [9.17, 15) is 0 Å². The number of rotatable bonds is 0. The zero-order valence-electron chi connectivity index (χ0n) is 7.64. The van der Waals surface area contributed by atoms with Crippen molar-refractivity contribution in [3.8, 4) is 0 Å². The van der Waals surface area contributed by atoms with Gasteiger partial charge in [0.2, 0.25) is 0 Å². The summed E-state index contributed by atoms with van der Waals surface area (Å²) in [6.45, 7) is 5.60. The first-order chi connectivity index (χ1) is 5.81. The summed E-state index contributed by atoms with van der Waals surface area (Å²) in [6, 6.07) is 0.498. The number of ether oxygens (including phenoxy) is 2. The van der Waals surface area contributed by atoms with E-state index in [2.05, 4.69) is 12.2 Å². The van der Waals surface area contributed by atoms with Crippen molar-refractivity contribution in [3.63, 3.8) is 0 Å². The zero-order valence-corrected chi connectivity index (χ0v) is 7.64. The molecule has 0 amide bonds. The lowest BCUT2D eigenvalue weighted by atomic mass is 9.94. The molecule has 2 aliphatic heterocycles. The average molecular weight is 171 g/mol. The van der Waals surface area contributed by atoms with Crippen molar-refractivity contribution in [2.45, 2.75) is 31.4 Å². The van der Waals surface area contributed by atoms with Crippen LogP contribution in [0, 0.1) is 0 Å². The molecule has 2 aliphatic rings. The Kier molecular flexibility index (Phi) is 2.35. The molecule has 70 valence electrons. The Morgan fingerprint density at radius 3 is 3.00 bits per heavy atom. The lowest BCUT2D eigenvalue weighted by Gasteiger charge is -2.42. The maximum Gasteiger partial charge on any atom is 0.104 e. The van der Waals surface area contributed by atoms with Gasteiger partial charge >= 0.3 is 0 Å². The van der Waals surface area contributed by atoms with Gasteiger partial charge in [0.25, 0.3) is 0 Å². The SMILES string of the molecule is CC1COC2(CCCOC2)CN1. The molecule has 2 saturated heterocycles. The summed E-state index contributed by atoms with van der Waals surface area (Å²) in [5.74, 6) is 0. The Balaban J connectivity index is 1.92. The smallest absolute Gasteiger partial charge is 0.104 e. The van der Waals surface area contributed by atoms with Crippen LogP contribution in [-0.4, -0.2) is 38.0 Å². The minimum atomic E-state index is 0.00472. The summed E-state index contributed by atoms with van der Waals surface area (Å²) in [7, 11) is 0. The summed E-state index contributed by atoms with van der Waals surface area (Å²) >= 11 is 0. The van der Waals surface area contributed by atoms with Crippen molar-refractivity contribution in [2.24, 2.45) is 0 Å². The van der Waals surface area contributed by atoms with Crippen LogP contribution in [0.2, 0.25) is 0 Å². The minimum Gasteiger partial charge on any atom is -0.378 e. The van der Waals surface area contributed by atoms with Crippen LogP contribution < -0.4 is 5.32 Å². The first kappa shape index (κ1) is 8.48. The van der Waals surface area contributed by atoms with Crippen molar-refractivity contribution < 1.29 is 9.47 Å². The van der Waals surface area contributed by atoms with E-state index < -0.39 is 0 Å². The van der Waals surface area contributed by atoms with Gasteiger partial charge in [-0.05, 0) is 19.8 Å². The quantitative estimate of drug-likeness (QED) is 0.577. The fraction of sp³-hybridized carbons (Fsp3) is 1.00. The molecular weight excluding hydrogens is 154 g/mol. The molecule has 0 saturated carbocycles. The minimum absolute atomic E-state index is 0.00472. The highest BCUT2D eigenvalue weighted by Crippen LogP contribution is 2.25. The molecule has 0 aromatic heterocycles. The monoisotopic (exact) mass is 171 g/mol. The first-order valence-corrected chi connectivity index (χ1v) is 4.76. The van der Waals surface area contributed by atoms with Gasteiger partial charge in [0.1, 0.15) is 5.60 Å². The molecule has 2 atom stereocenters. The fourth-order valence-corrected chi connectivity index (χ4v) is 1.85. The Bertz CT molecular complexity index is 145. The van der Waals surface area contributed by atoms with Crippen LogP contribution in [0.4, 0.5) is 0 Å². The molecule has 2 unspecified atom stereocenters. The van der Waals surface area contributed by atoms with Gasteiger partial charge in [-0.1, -0.05) is 0 Å². The number of nitrogens with one attached hydrogen (secondary N) is 1. The molecule has 3 heteroatoms. The van der Waals surface area contributed by atoms with Crippen LogP contribution in [-0.2, 0) is 9.47 Å². The summed E-state index contributed by atoms with van der Waals surface area (Å²) in [5.41, 5.74) is 0.00472. The van der Waals surface area contributed by atoms with Gasteiger partial charge < -0.3 is 14.8 Å². The predicted octanol–water partition coefficient (Wildman–Crippen LogP) is 0.544. The van der Waals surface area contributed by atoms with Gasteiger partial charge in [0.05, 0.1) is 13.2 Å². The summed E-state index contributed by atoms with van der Waals surface area (Å²) in [4.78, 5) is 0. The van der Waals surface area contributed by atoms with Crippen molar-refractivity contribution in [1.82, 2.24) is 5.32 Å². The van der Waals surface area contributed by atoms with E-state index in [-0.39, 0.29) is 5.60 Å². The van der Waals surface area contributed by atoms with Crippen molar-refractivity contribution >= 4 is 0 Å². The highest BCUT2D eigenvalue weighted by molar-refractivity contribution is 4.90. The number of morpholine rings is 1. The molecule has 0 aromatic rings. The summed E-state index contributed by atoms with van der Waals surface area (Å²) < 4.78 is 11.3. The Labute approximate surface area is 73.4 Å². The van der Waals surface area contributed by atoms with Crippen molar-refractivity contribution in [2.75, 3.05) is 26.4 Å². The van der Waals surface area contributed by atoms with Gasteiger partial charge in [-0.15, -0.1) is 0 Å². The lowest BCUT2D eigenvalue weighted by Crippen LogP contribution is -2.57. The largest absolute Gasteiger partial charge is 0.378 e. The molecule has 2 fully saturated rings. The third kappa shape index (κ3) is 1.63. The molecule has 0 radical (unpaired) electrons. The van der Waals surface area contributed by atoms with Gasteiger partial charge in [-0.25, -0.2) is 0 Å². The van der Waals surface area contributed by atoms with E-state index in [1.807, 2.05) is 0 Å². The maximum atomic E-state index is 5.83. The first-order valence-electron chi connectivity index (χ1n) is 4.76. The van der Waals surface area contributed by atoms with Crippen molar-refractivity contribution in [3.05, 3.63) is 0 Å². The van der Waals surface area contributed by atoms with Crippen LogP contribution in [0.15, 0.2) is 0 Å². The van der Waals surface area contributed by atoms with Gasteiger partial charge in [-0.3, -0.25) is 0 Å². The van der Waals surface area contributed by atoms with Gasteiger partial charge in [0.15, 0.2) is 0 Å². The highest BCUT2D eigenvalue weighted by atomic mass is 16.5. The normalized spacial score (nSPS) is 43.2. The predicted molar refractivity (Wildman–Crippen MR) is 46.2 cm³/mol. The van der Waals surface area contributed by atoms with Crippen LogP contribution in [0.5, 0.6) is 0 Å². The van der Waals surface area contributed by atoms with E-state index in [4.69, 9.17) is 9.47 Å². The van der Waals surface area contributed by atoms with Crippen molar-refractivity contribution in [1.29, 1.82) is 0 Å². The topological polar surface area (TPSA) is 30.5 Å². The fourth-order valence-electron chi connectivity index (χ4n) is 1.85. The summed E-state index contributed by atoms with van der Waals surface area (Å²) in [6.07, 6.45) is 2.28. The molecule has 12 heavy (non-hydrogen) atoms. The van der Waals surface area contributed by atoms with Gasteiger partial charge in [-0.2, -0.15) is 0 Å². The maximum absolute atomic E-state index is 5.83. The molecular formula is C9H17NO2. The summed E-state index contributed by atoms with van der Waals surface area (Å²) in [5, 5.41) is 3.44. The molecule has 2 heterocycles. The third-order valence-electron chi connectivity index (χ3n) is 2.70. The second-order valence-electron chi connectivity index (χ2n) is 3.93. The third-order valence-corrected chi connectivity index (χ3v) is 2.70. The van der Waals surface area contributed by atoms with Crippen LogP contribution in [0.3, 0.4) is 0 Å². The number of hydrogen-bond acceptors (Lipinski definition) is 3. The highest BCUT2D eigenvalue weighted by Gasteiger charge is 2.36. The lowest BCUT2D eigenvalue weighted by molar-refractivity contribution is -0.148.